The second-order valence-corrected chi connectivity index (χ2v) is 5.61. The molecule has 0 aliphatic rings. The van der Waals surface area contributed by atoms with Gasteiger partial charge in [-0.15, -0.1) is 0 Å². The summed E-state index contributed by atoms with van der Waals surface area (Å²) in [4.78, 5) is 0. The van der Waals surface area contributed by atoms with Crippen LogP contribution in [0.5, 0.6) is 0 Å². The standard InChI is InChI=1S/C10H28N6.C6H17N3/c11-1-3-13-5-7-15-9-10-16-8-6-14-4-2-12;7-3-1-5-9-6-2-4-8/h13-16H,1-12H2;9H,1-8H2. The normalized spacial score (nSPS) is 10.6. The van der Waals surface area contributed by atoms with Gasteiger partial charge in [-0.1, -0.05) is 0 Å². The van der Waals surface area contributed by atoms with Crippen molar-refractivity contribution in [2.45, 2.75) is 12.8 Å². The van der Waals surface area contributed by atoms with Gasteiger partial charge in [0.25, 0.3) is 0 Å². The van der Waals surface area contributed by atoms with Crippen molar-refractivity contribution < 1.29 is 0 Å². The molecule has 0 rings (SSSR count). The Morgan fingerprint density at radius 1 is 0.320 bits per heavy atom. The SMILES string of the molecule is NCCCNCCCN.NCCNCCNCCNCCNCCN. The molecule has 154 valence electrons. The molecule has 0 spiro atoms. The Morgan fingerprint density at radius 3 is 0.880 bits per heavy atom. The van der Waals surface area contributed by atoms with Crippen LogP contribution >= 0.6 is 0 Å². The summed E-state index contributed by atoms with van der Waals surface area (Å²) in [7, 11) is 0. The summed E-state index contributed by atoms with van der Waals surface area (Å²) in [6, 6.07) is 0. The predicted molar refractivity (Wildman–Crippen MR) is 110 cm³/mol. The highest BCUT2D eigenvalue weighted by Gasteiger charge is 1.89. The third-order valence-electron chi connectivity index (χ3n) is 3.19. The molecule has 0 unspecified atom stereocenters. The summed E-state index contributed by atoms with van der Waals surface area (Å²) in [6.45, 7) is 12.7. The monoisotopic (exact) mass is 363 g/mol. The largest absolute Gasteiger partial charge is 0.330 e. The van der Waals surface area contributed by atoms with Gasteiger partial charge in [-0.2, -0.15) is 0 Å². The topological polar surface area (TPSA) is 164 Å². The zero-order chi connectivity index (χ0) is 18.8. The minimum Gasteiger partial charge on any atom is -0.330 e. The minimum absolute atomic E-state index is 0.706. The fourth-order valence-electron chi connectivity index (χ4n) is 1.81. The van der Waals surface area contributed by atoms with E-state index in [4.69, 9.17) is 22.9 Å². The van der Waals surface area contributed by atoms with Gasteiger partial charge in [-0.3, -0.25) is 0 Å². The van der Waals surface area contributed by atoms with Crippen molar-refractivity contribution in [1.82, 2.24) is 26.6 Å². The van der Waals surface area contributed by atoms with E-state index in [0.717, 1.165) is 91.4 Å². The maximum atomic E-state index is 5.35. The van der Waals surface area contributed by atoms with Gasteiger partial charge >= 0.3 is 0 Å². The van der Waals surface area contributed by atoms with Crippen molar-refractivity contribution in [2.24, 2.45) is 22.9 Å². The van der Waals surface area contributed by atoms with Crippen molar-refractivity contribution in [3.63, 3.8) is 0 Å². The molecular weight excluding hydrogens is 318 g/mol. The summed E-state index contributed by atoms with van der Waals surface area (Å²) < 4.78 is 0. The molecule has 13 N–H and O–H groups in total. The molecular formula is C16H45N9. The number of hydrogen-bond acceptors (Lipinski definition) is 9. The molecule has 0 aromatic carbocycles. The highest BCUT2D eigenvalue weighted by molar-refractivity contribution is 4.56. The lowest BCUT2D eigenvalue weighted by Gasteiger charge is -2.07. The average molecular weight is 364 g/mol. The lowest BCUT2D eigenvalue weighted by Crippen LogP contribution is -2.36. The molecule has 0 aliphatic carbocycles. The van der Waals surface area contributed by atoms with Crippen molar-refractivity contribution in [1.29, 1.82) is 0 Å². The lowest BCUT2D eigenvalue weighted by molar-refractivity contribution is 0.569. The van der Waals surface area contributed by atoms with Gasteiger partial charge < -0.3 is 49.5 Å². The molecule has 0 aliphatic heterocycles. The number of hydrogen-bond donors (Lipinski definition) is 9. The smallest absolute Gasteiger partial charge is 0.00772 e. The van der Waals surface area contributed by atoms with E-state index in [2.05, 4.69) is 26.6 Å². The Kier molecular flexibility index (Phi) is 30.6. The van der Waals surface area contributed by atoms with E-state index in [9.17, 15) is 0 Å². The maximum Gasteiger partial charge on any atom is 0.00772 e. The molecule has 9 nitrogen and oxygen atoms in total. The lowest BCUT2D eigenvalue weighted by atomic mass is 10.4. The number of nitrogens with two attached hydrogens (primary N) is 4. The minimum atomic E-state index is 0.706. The van der Waals surface area contributed by atoms with E-state index in [1.54, 1.807) is 0 Å². The van der Waals surface area contributed by atoms with Crippen LogP contribution in [0.15, 0.2) is 0 Å². The number of rotatable bonds is 19. The van der Waals surface area contributed by atoms with Crippen LogP contribution in [0.2, 0.25) is 0 Å². The van der Waals surface area contributed by atoms with Crippen LogP contribution in [0.4, 0.5) is 0 Å². The molecule has 0 aromatic rings. The molecule has 0 saturated carbocycles. The van der Waals surface area contributed by atoms with Crippen LogP contribution in [-0.2, 0) is 0 Å². The van der Waals surface area contributed by atoms with Gasteiger partial charge in [0, 0.05) is 65.4 Å². The molecule has 0 heterocycles. The van der Waals surface area contributed by atoms with Crippen LogP contribution < -0.4 is 49.5 Å². The van der Waals surface area contributed by atoms with Crippen molar-refractivity contribution >= 4 is 0 Å². The first-order valence-corrected chi connectivity index (χ1v) is 9.67. The molecule has 0 radical (unpaired) electrons. The first-order chi connectivity index (χ1) is 12.3. The molecule has 0 aromatic heterocycles. The van der Waals surface area contributed by atoms with Gasteiger partial charge in [0.15, 0.2) is 0 Å². The van der Waals surface area contributed by atoms with Gasteiger partial charge in [-0.25, -0.2) is 0 Å². The highest BCUT2D eigenvalue weighted by atomic mass is 15.0. The summed E-state index contributed by atoms with van der Waals surface area (Å²) in [5.74, 6) is 0. The third kappa shape index (κ3) is 31.9. The maximum absolute atomic E-state index is 5.35. The van der Waals surface area contributed by atoms with Crippen molar-refractivity contribution in [3.8, 4) is 0 Å². The second kappa shape index (κ2) is 28.4. The van der Waals surface area contributed by atoms with Crippen LogP contribution in [0.1, 0.15) is 12.8 Å². The van der Waals surface area contributed by atoms with Gasteiger partial charge in [-0.05, 0) is 39.0 Å². The Morgan fingerprint density at radius 2 is 0.600 bits per heavy atom. The Labute approximate surface area is 154 Å². The first kappa shape index (κ1) is 26.9. The Bertz CT molecular complexity index is 188. The van der Waals surface area contributed by atoms with Crippen LogP contribution in [-0.4, -0.2) is 91.6 Å². The van der Waals surface area contributed by atoms with Crippen LogP contribution in [0.3, 0.4) is 0 Å². The van der Waals surface area contributed by atoms with Crippen molar-refractivity contribution in [2.75, 3.05) is 91.6 Å². The summed E-state index contributed by atoms with van der Waals surface area (Å²) in [5, 5.41) is 16.4. The summed E-state index contributed by atoms with van der Waals surface area (Å²) in [6.07, 6.45) is 2.12. The molecule has 0 fully saturated rings. The van der Waals surface area contributed by atoms with Gasteiger partial charge in [0.1, 0.15) is 0 Å². The zero-order valence-electron chi connectivity index (χ0n) is 16.1. The van der Waals surface area contributed by atoms with E-state index >= 15 is 0 Å². The van der Waals surface area contributed by atoms with E-state index in [1.807, 2.05) is 0 Å². The molecule has 25 heavy (non-hydrogen) atoms. The summed E-state index contributed by atoms with van der Waals surface area (Å²) in [5.41, 5.74) is 21.3. The van der Waals surface area contributed by atoms with E-state index in [-0.39, 0.29) is 0 Å². The van der Waals surface area contributed by atoms with Crippen molar-refractivity contribution in [3.05, 3.63) is 0 Å². The molecule has 0 saturated heterocycles. The molecule has 0 bridgehead atoms. The first-order valence-electron chi connectivity index (χ1n) is 9.67. The molecule has 0 atom stereocenters. The summed E-state index contributed by atoms with van der Waals surface area (Å²) >= 11 is 0. The zero-order valence-corrected chi connectivity index (χ0v) is 16.1. The number of nitrogens with one attached hydrogen (secondary N) is 5. The van der Waals surface area contributed by atoms with E-state index in [1.165, 1.54) is 0 Å². The Hall–Kier alpha value is -0.360. The predicted octanol–water partition coefficient (Wildman–Crippen LogP) is -3.46. The Balaban J connectivity index is 0. The second-order valence-electron chi connectivity index (χ2n) is 5.61. The highest BCUT2D eigenvalue weighted by Crippen LogP contribution is 1.72. The van der Waals surface area contributed by atoms with E-state index < -0.39 is 0 Å². The van der Waals surface area contributed by atoms with Gasteiger partial charge in [0.2, 0.25) is 0 Å². The quantitative estimate of drug-likeness (QED) is 0.106. The van der Waals surface area contributed by atoms with Gasteiger partial charge in [0.05, 0.1) is 0 Å². The fourth-order valence-corrected chi connectivity index (χ4v) is 1.81. The van der Waals surface area contributed by atoms with Crippen LogP contribution in [0.25, 0.3) is 0 Å². The third-order valence-corrected chi connectivity index (χ3v) is 3.19. The molecule has 9 heteroatoms. The average Bonchev–Trinajstić information content (AvgIpc) is 2.63. The fraction of sp³-hybridized carbons (Fsp3) is 1.00. The molecule has 0 amide bonds. The van der Waals surface area contributed by atoms with Crippen LogP contribution in [0, 0.1) is 0 Å². The van der Waals surface area contributed by atoms with E-state index in [0.29, 0.717) is 13.1 Å².